The molecule has 2 aromatic heterocycles. The molecular weight excluding hydrogens is 234 g/mol. The summed E-state index contributed by atoms with van der Waals surface area (Å²) in [6.07, 6.45) is -0.649. The maximum atomic E-state index is 7.68. The molecule has 2 N–H and O–H groups in total. The molecule has 2 rings (SSSR count). The Labute approximate surface area is 88.4 Å². The van der Waals surface area contributed by atoms with Crippen LogP contribution in [0.5, 0.6) is 0 Å². The smallest absolute Gasteiger partial charge is 0.221 e. The third-order valence-corrected chi connectivity index (χ3v) is 1.57. The van der Waals surface area contributed by atoms with Crippen LogP contribution in [0.25, 0.3) is 5.82 Å². The highest BCUT2D eigenvalue weighted by molar-refractivity contribution is 9.10. The summed E-state index contributed by atoms with van der Waals surface area (Å²) in [4.78, 5) is 7.26. The van der Waals surface area contributed by atoms with Gasteiger partial charge in [-0.25, -0.2) is 9.67 Å². The number of nitrogens with zero attached hydrogens (tertiary/aromatic N) is 4. The van der Waals surface area contributed by atoms with Gasteiger partial charge in [-0.1, -0.05) is 0 Å². The molecule has 0 spiro atoms. The van der Waals surface area contributed by atoms with Crippen LogP contribution < -0.4 is 5.73 Å². The molecule has 0 aliphatic carbocycles. The molecular formula is C7H6BrN5. The second-order valence-electron chi connectivity index (χ2n) is 2.09. The van der Waals surface area contributed by atoms with Gasteiger partial charge in [-0.3, -0.25) is 0 Å². The van der Waals surface area contributed by atoms with Gasteiger partial charge >= 0.3 is 0 Å². The number of hydrogen-bond donors (Lipinski definition) is 1. The van der Waals surface area contributed by atoms with Crippen molar-refractivity contribution in [3.63, 3.8) is 0 Å². The van der Waals surface area contributed by atoms with Gasteiger partial charge < -0.3 is 5.73 Å². The molecule has 2 heterocycles. The highest BCUT2D eigenvalue weighted by Gasteiger charge is 2.00. The summed E-state index contributed by atoms with van der Waals surface area (Å²) >= 11 is 3.02. The first-order valence-electron chi connectivity index (χ1n) is 5.24. The predicted octanol–water partition coefficient (Wildman–Crippen LogP) is 1.01. The molecule has 2 aromatic rings. The van der Waals surface area contributed by atoms with Crippen molar-refractivity contribution in [2.75, 3.05) is 5.73 Å². The van der Waals surface area contributed by atoms with Crippen LogP contribution in [-0.4, -0.2) is 19.7 Å². The van der Waals surface area contributed by atoms with Crippen LogP contribution >= 0.6 is 15.9 Å². The molecule has 0 bridgehead atoms. The molecule has 0 aliphatic heterocycles. The number of halogens is 1. The van der Waals surface area contributed by atoms with Crippen molar-refractivity contribution in [3.05, 3.63) is 29.0 Å². The minimum atomic E-state index is -0.356. The van der Waals surface area contributed by atoms with E-state index < -0.39 is 0 Å². The van der Waals surface area contributed by atoms with Gasteiger partial charge in [-0.15, -0.1) is 0 Å². The Bertz CT molecular complexity index is 598. The fourth-order valence-electron chi connectivity index (χ4n) is 0.734. The summed E-state index contributed by atoms with van der Waals surface area (Å²) < 4.78 is 31.3. The van der Waals surface area contributed by atoms with Crippen LogP contribution in [0.1, 0.15) is 5.48 Å². The lowest BCUT2D eigenvalue weighted by Crippen LogP contribution is -2.01. The van der Waals surface area contributed by atoms with E-state index in [1.807, 2.05) is 0 Å². The van der Waals surface area contributed by atoms with Gasteiger partial charge in [0.25, 0.3) is 0 Å². The van der Waals surface area contributed by atoms with Gasteiger partial charge in [0.15, 0.2) is 5.82 Å². The average molecular weight is 244 g/mol. The van der Waals surface area contributed by atoms with Gasteiger partial charge in [-0.2, -0.15) is 10.1 Å². The predicted molar refractivity (Wildman–Crippen MR) is 51.3 cm³/mol. The average Bonchev–Trinajstić information content (AvgIpc) is 2.51. The highest BCUT2D eigenvalue weighted by Crippen LogP contribution is 2.10. The number of anilines is 1. The third kappa shape index (κ3) is 1.67. The van der Waals surface area contributed by atoms with Crippen molar-refractivity contribution in [2.24, 2.45) is 0 Å². The standard InChI is InChI=1S/C7H6BrN5/c8-5-3-11-13(4-5)6-1-2-10-7(9)12-6/h1-4H,(H2,9,10,12)/i1D,2D,3D,4D. The normalized spacial score (nSPS) is 14.5. The maximum Gasteiger partial charge on any atom is 0.221 e. The van der Waals surface area contributed by atoms with Gasteiger partial charge in [0.05, 0.1) is 16.1 Å². The van der Waals surface area contributed by atoms with E-state index in [2.05, 4.69) is 31.0 Å². The number of hydrogen-bond acceptors (Lipinski definition) is 4. The third-order valence-electron chi connectivity index (χ3n) is 1.21. The van der Waals surface area contributed by atoms with Gasteiger partial charge in [0.2, 0.25) is 5.95 Å². The Balaban J connectivity index is 2.72. The molecule has 13 heavy (non-hydrogen) atoms. The Morgan fingerprint density at radius 3 is 3.15 bits per heavy atom. The lowest BCUT2D eigenvalue weighted by Gasteiger charge is -1.98. The Morgan fingerprint density at radius 1 is 1.62 bits per heavy atom. The van der Waals surface area contributed by atoms with Crippen molar-refractivity contribution in [3.8, 4) is 5.82 Å². The fraction of sp³-hybridized carbons (Fsp3) is 0. The second-order valence-corrected chi connectivity index (χ2v) is 2.88. The van der Waals surface area contributed by atoms with Crippen LogP contribution in [0.15, 0.2) is 29.0 Å². The van der Waals surface area contributed by atoms with Crippen LogP contribution in [0, 0.1) is 0 Å². The fourth-order valence-corrected chi connectivity index (χ4v) is 0.981. The van der Waals surface area contributed by atoms with Crippen molar-refractivity contribution in [2.45, 2.75) is 0 Å². The molecule has 0 aromatic carbocycles. The number of nitrogen functional groups attached to an aromatic ring is 1. The minimum Gasteiger partial charge on any atom is -0.368 e. The molecule has 0 saturated heterocycles. The van der Waals surface area contributed by atoms with Crippen LogP contribution in [-0.2, 0) is 0 Å². The molecule has 0 atom stereocenters. The lowest BCUT2D eigenvalue weighted by atomic mass is 10.6. The largest absolute Gasteiger partial charge is 0.368 e. The summed E-state index contributed by atoms with van der Waals surface area (Å²) in [5.41, 5.74) is 5.37. The number of nitrogens with two attached hydrogens (primary N) is 1. The first kappa shape index (κ1) is 4.71. The molecule has 5 nitrogen and oxygen atoms in total. The lowest BCUT2D eigenvalue weighted by molar-refractivity contribution is 0.842. The summed E-state index contributed by atoms with van der Waals surface area (Å²) in [7, 11) is 0. The SMILES string of the molecule is [2H]c1nc(N)nc(-n2nc([2H])c(Br)c2[2H])c1[2H]. The van der Waals surface area contributed by atoms with Gasteiger partial charge in [0.1, 0.15) is 0 Å². The molecule has 0 fully saturated rings. The molecule has 66 valence electrons. The quantitative estimate of drug-likeness (QED) is 0.812. The Hall–Kier alpha value is -1.43. The van der Waals surface area contributed by atoms with Crippen LogP contribution in [0.4, 0.5) is 5.95 Å². The van der Waals surface area contributed by atoms with Gasteiger partial charge in [0, 0.05) is 18.4 Å². The van der Waals surface area contributed by atoms with Gasteiger partial charge in [-0.05, 0) is 15.9 Å². The summed E-state index contributed by atoms with van der Waals surface area (Å²) in [5, 5.41) is 3.72. The van der Waals surface area contributed by atoms with E-state index in [4.69, 9.17) is 11.2 Å². The monoisotopic (exact) mass is 243 g/mol. The zero-order valence-corrected chi connectivity index (χ0v) is 7.83. The number of aromatic nitrogens is 4. The van der Waals surface area contributed by atoms with E-state index in [1.165, 1.54) is 0 Å². The topological polar surface area (TPSA) is 69.6 Å². The van der Waals surface area contributed by atoms with E-state index in [-0.39, 0.29) is 40.8 Å². The zero-order chi connectivity index (χ0) is 12.7. The van der Waals surface area contributed by atoms with E-state index in [1.54, 1.807) is 0 Å². The van der Waals surface area contributed by atoms with E-state index >= 15 is 0 Å². The second kappa shape index (κ2) is 3.14. The minimum absolute atomic E-state index is 0.0910. The van der Waals surface area contributed by atoms with E-state index in [0.29, 0.717) is 0 Å². The summed E-state index contributed by atoms with van der Waals surface area (Å²) in [6.45, 7) is 0. The highest BCUT2D eigenvalue weighted by atomic mass is 79.9. The Morgan fingerprint density at radius 2 is 2.46 bits per heavy atom. The molecule has 6 heteroatoms. The van der Waals surface area contributed by atoms with Crippen LogP contribution in [0.2, 0.25) is 0 Å². The summed E-state index contributed by atoms with van der Waals surface area (Å²) in [6, 6.07) is -0.303. The van der Waals surface area contributed by atoms with E-state index in [9.17, 15) is 0 Å². The van der Waals surface area contributed by atoms with Crippen LogP contribution in [0.3, 0.4) is 0 Å². The maximum absolute atomic E-state index is 7.68. The van der Waals surface area contributed by atoms with Crippen molar-refractivity contribution >= 4 is 21.9 Å². The van der Waals surface area contributed by atoms with Crippen molar-refractivity contribution in [1.82, 2.24) is 19.7 Å². The summed E-state index contributed by atoms with van der Waals surface area (Å²) in [5.74, 6) is -0.273. The number of rotatable bonds is 1. The molecule has 0 saturated carbocycles. The zero-order valence-electron chi connectivity index (χ0n) is 10.2. The first-order chi connectivity index (χ1) is 7.91. The van der Waals surface area contributed by atoms with Crippen molar-refractivity contribution < 1.29 is 5.48 Å². The molecule has 0 amide bonds. The molecule has 0 unspecified atom stereocenters. The first-order valence-corrected chi connectivity index (χ1v) is 4.04. The molecule has 0 aliphatic rings. The van der Waals surface area contributed by atoms with E-state index in [0.717, 1.165) is 4.68 Å². The Kier molecular flexibility index (Phi) is 1.14. The van der Waals surface area contributed by atoms with Crippen molar-refractivity contribution in [1.29, 1.82) is 0 Å². The molecule has 0 radical (unpaired) electrons.